The lowest BCUT2D eigenvalue weighted by atomic mass is 9.91. The van der Waals surface area contributed by atoms with Gasteiger partial charge in [0.05, 0.1) is 6.61 Å². The summed E-state index contributed by atoms with van der Waals surface area (Å²) in [6.07, 6.45) is 2.48. The Bertz CT molecular complexity index is 249. The summed E-state index contributed by atoms with van der Waals surface area (Å²) in [4.78, 5) is 2.72. The first kappa shape index (κ1) is 13.3. The lowest BCUT2D eigenvalue weighted by Crippen LogP contribution is -2.64. The number of nitrogens with zero attached hydrogens (tertiary/aromatic N) is 1. The highest BCUT2D eigenvalue weighted by Crippen LogP contribution is 2.27. The van der Waals surface area contributed by atoms with Crippen molar-refractivity contribution in [2.75, 3.05) is 26.3 Å². The topological polar surface area (TPSA) is 24.5 Å². The van der Waals surface area contributed by atoms with Gasteiger partial charge in [-0.2, -0.15) is 0 Å². The van der Waals surface area contributed by atoms with Crippen LogP contribution < -0.4 is 5.32 Å². The molecule has 0 spiro atoms. The molecule has 2 aliphatic rings. The Balaban J connectivity index is 2.03. The normalized spacial score (nSPS) is 36.0. The summed E-state index contributed by atoms with van der Waals surface area (Å²) in [6.45, 7) is 13.5. The van der Waals surface area contributed by atoms with Crippen LogP contribution in [0.4, 0.5) is 0 Å². The van der Waals surface area contributed by atoms with Gasteiger partial charge in [0.15, 0.2) is 0 Å². The molecule has 2 heterocycles. The van der Waals surface area contributed by atoms with Gasteiger partial charge in [-0.3, -0.25) is 4.90 Å². The van der Waals surface area contributed by atoms with Crippen LogP contribution in [0.1, 0.15) is 40.5 Å². The highest BCUT2D eigenvalue weighted by molar-refractivity contribution is 4.95. The molecule has 0 aromatic carbocycles. The molecule has 3 nitrogen and oxygen atoms in total. The number of hydrogen-bond donors (Lipinski definition) is 1. The number of ether oxygens (including phenoxy) is 1. The third-order valence-corrected chi connectivity index (χ3v) is 4.50. The van der Waals surface area contributed by atoms with E-state index in [1.165, 1.54) is 12.8 Å². The summed E-state index contributed by atoms with van der Waals surface area (Å²) in [5, 5.41) is 3.66. The maximum atomic E-state index is 5.55. The third-order valence-electron chi connectivity index (χ3n) is 4.50. The van der Waals surface area contributed by atoms with Gasteiger partial charge in [0.1, 0.15) is 0 Å². The second kappa shape index (κ2) is 5.25. The summed E-state index contributed by atoms with van der Waals surface area (Å²) < 4.78 is 5.55. The number of rotatable bonds is 3. The van der Waals surface area contributed by atoms with E-state index in [9.17, 15) is 0 Å². The standard InChI is InChI=1S/C14H28N2O/c1-5-13-8-15-14(3,4)10-16(13)11(2)12-6-7-17-9-12/h11-13,15H,5-10H2,1-4H3. The van der Waals surface area contributed by atoms with E-state index in [0.717, 1.165) is 32.2 Å². The van der Waals surface area contributed by atoms with Crippen molar-refractivity contribution < 1.29 is 4.74 Å². The molecule has 0 bridgehead atoms. The molecule has 2 saturated heterocycles. The Labute approximate surface area is 106 Å². The van der Waals surface area contributed by atoms with Crippen LogP contribution in [0.25, 0.3) is 0 Å². The van der Waals surface area contributed by atoms with Crippen LogP contribution in [0, 0.1) is 5.92 Å². The van der Waals surface area contributed by atoms with Crippen molar-refractivity contribution >= 4 is 0 Å². The molecule has 0 saturated carbocycles. The molecular weight excluding hydrogens is 212 g/mol. The first-order valence-electron chi connectivity index (χ1n) is 7.12. The van der Waals surface area contributed by atoms with E-state index < -0.39 is 0 Å². The van der Waals surface area contributed by atoms with Gasteiger partial charge in [0.25, 0.3) is 0 Å². The molecule has 2 rings (SSSR count). The fraction of sp³-hybridized carbons (Fsp3) is 1.00. The monoisotopic (exact) mass is 240 g/mol. The second-order valence-corrected chi connectivity index (χ2v) is 6.36. The maximum absolute atomic E-state index is 5.55. The SMILES string of the molecule is CCC1CNC(C)(C)CN1C(C)C1CCOC1. The fourth-order valence-electron chi connectivity index (χ4n) is 3.21. The minimum absolute atomic E-state index is 0.249. The van der Waals surface area contributed by atoms with Gasteiger partial charge in [-0.15, -0.1) is 0 Å². The number of hydrogen-bond acceptors (Lipinski definition) is 3. The van der Waals surface area contributed by atoms with Crippen molar-refractivity contribution in [3.63, 3.8) is 0 Å². The summed E-state index contributed by atoms with van der Waals surface area (Å²) in [7, 11) is 0. The Hall–Kier alpha value is -0.120. The zero-order chi connectivity index (χ0) is 12.5. The minimum atomic E-state index is 0.249. The van der Waals surface area contributed by atoms with Crippen LogP contribution in [-0.2, 0) is 4.74 Å². The first-order valence-corrected chi connectivity index (χ1v) is 7.12. The Morgan fingerprint density at radius 3 is 2.82 bits per heavy atom. The molecular formula is C14H28N2O. The van der Waals surface area contributed by atoms with Gasteiger partial charge in [-0.1, -0.05) is 6.92 Å². The zero-order valence-electron chi connectivity index (χ0n) is 11.8. The predicted octanol–water partition coefficient (Wildman–Crippen LogP) is 1.87. The van der Waals surface area contributed by atoms with Crippen molar-refractivity contribution in [1.29, 1.82) is 0 Å². The molecule has 0 aliphatic carbocycles. The molecule has 2 aliphatic heterocycles. The maximum Gasteiger partial charge on any atom is 0.0509 e. The Morgan fingerprint density at radius 1 is 1.47 bits per heavy atom. The smallest absolute Gasteiger partial charge is 0.0509 e. The quantitative estimate of drug-likeness (QED) is 0.815. The van der Waals surface area contributed by atoms with Crippen molar-refractivity contribution in [2.24, 2.45) is 5.92 Å². The average Bonchev–Trinajstić information content (AvgIpc) is 2.80. The van der Waals surface area contributed by atoms with Gasteiger partial charge in [0, 0.05) is 37.3 Å². The molecule has 100 valence electrons. The van der Waals surface area contributed by atoms with Gasteiger partial charge >= 0.3 is 0 Å². The first-order chi connectivity index (χ1) is 8.03. The van der Waals surface area contributed by atoms with Crippen molar-refractivity contribution in [1.82, 2.24) is 10.2 Å². The van der Waals surface area contributed by atoms with Gasteiger partial charge in [0.2, 0.25) is 0 Å². The summed E-state index contributed by atoms with van der Waals surface area (Å²) in [5.41, 5.74) is 0.249. The largest absolute Gasteiger partial charge is 0.381 e. The summed E-state index contributed by atoms with van der Waals surface area (Å²) in [5.74, 6) is 0.734. The fourth-order valence-corrected chi connectivity index (χ4v) is 3.21. The van der Waals surface area contributed by atoms with E-state index in [4.69, 9.17) is 4.74 Å². The molecule has 0 aromatic rings. The molecule has 3 unspecified atom stereocenters. The van der Waals surface area contributed by atoms with E-state index in [0.29, 0.717) is 12.1 Å². The van der Waals surface area contributed by atoms with E-state index >= 15 is 0 Å². The summed E-state index contributed by atoms with van der Waals surface area (Å²) in [6, 6.07) is 1.35. The Morgan fingerprint density at radius 2 is 2.24 bits per heavy atom. The molecule has 2 fully saturated rings. The van der Waals surface area contributed by atoms with Crippen molar-refractivity contribution in [3.05, 3.63) is 0 Å². The number of nitrogens with one attached hydrogen (secondary N) is 1. The number of piperazine rings is 1. The lowest BCUT2D eigenvalue weighted by molar-refractivity contribution is 0.0313. The highest BCUT2D eigenvalue weighted by atomic mass is 16.5. The third kappa shape index (κ3) is 3.01. The van der Waals surface area contributed by atoms with Crippen molar-refractivity contribution in [2.45, 2.75) is 58.2 Å². The molecule has 17 heavy (non-hydrogen) atoms. The molecule has 3 atom stereocenters. The lowest BCUT2D eigenvalue weighted by Gasteiger charge is -2.48. The van der Waals surface area contributed by atoms with Crippen molar-refractivity contribution in [3.8, 4) is 0 Å². The zero-order valence-corrected chi connectivity index (χ0v) is 11.8. The predicted molar refractivity (Wildman–Crippen MR) is 71.3 cm³/mol. The molecule has 0 amide bonds. The van der Waals surface area contributed by atoms with Crippen LogP contribution in [0.5, 0.6) is 0 Å². The van der Waals surface area contributed by atoms with Gasteiger partial charge < -0.3 is 10.1 Å². The molecule has 3 heteroatoms. The van der Waals surface area contributed by atoms with Crippen LogP contribution in [0.3, 0.4) is 0 Å². The molecule has 1 N–H and O–H groups in total. The average molecular weight is 240 g/mol. The van der Waals surface area contributed by atoms with Gasteiger partial charge in [-0.05, 0) is 39.5 Å². The van der Waals surface area contributed by atoms with E-state index in [1.807, 2.05) is 0 Å². The van der Waals surface area contributed by atoms with Crippen LogP contribution in [0.15, 0.2) is 0 Å². The minimum Gasteiger partial charge on any atom is -0.381 e. The summed E-state index contributed by atoms with van der Waals surface area (Å²) >= 11 is 0. The Kier molecular flexibility index (Phi) is 4.11. The molecule has 0 aromatic heterocycles. The second-order valence-electron chi connectivity index (χ2n) is 6.36. The van der Waals surface area contributed by atoms with E-state index in [-0.39, 0.29) is 5.54 Å². The highest BCUT2D eigenvalue weighted by Gasteiger charge is 2.37. The van der Waals surface area contributed by atoms with Crippen LogP contribution in [-0.4, -0.2) is 48.8 Å². The van der Waals surface area contributed by atoms with Crippen LogP contribution in [0.2, 0.25) is 0 Å². The molecule has 0 radical (unpaired) electrons. The van der Waals surface area contributed by atoms with Gasteiger partial charge in [-0.25, -0.2) is 0 Å². The van der Waals surface area contributed by atoms with Crippen LogP contribution >= 0.6 is 0 Å². The van der Waals surface area contributed by atoms with E-state index in [2.05, 4.69) is 37.9 Å². The van der Waals surface area contributed by atoms with E-state index in [1.54, 1.807) is 0 Å².